The van der Waals surface area contributed by atoms with Gasteiger partial charge in [0.05, 0.1) is 19.4 Å². The van der Waals surface area contributed by atoms with Gasteiger partial charge in [-0.2, -0.15) is 0 Å². The average molecular weight is 253 g/mol. The molecule has 18 heavy (non-hydrogen) atoms. The molecule has 1 heterocycles. The van der Waals surface area contributed by atoms with Crippen molar-refractivity contribution in [1.29, 1.82) is 0 Å². The number of hydrogen-bond acceptors (Lipinski definition) is 5. The molecule has 1 rings (SSSR count). The summed E-state index contributed by atoms with van der Waals surface area (Å²) in [6.07, 6.45) is 3.20. The van der Waals surface area contributed by atoms with Crippen LogP contribution in [-0.2, 0) is 20.7 Å². The van der Waals surface area contributed by atoms with E-state index in [4.69, 9.17) is 14.2 Å². The van der Waals surface area contributed by atoms with Gasteiger partial charge in [0.15, 0.2) is 6.79 Å². The van der Waals surface area contributed by atoms with Crippen LogP contribution in [0, 0.1) is 5.92 Å². The Morgan fingerprint density at radius 3 is 2.83 bits per heavy atom. The van der Waals surface area contributed by atoms with Crippen molar-refractivity contribution in [1.82, 2.24) is 4.98 Å². The molecule has 0 saturated heterocycles. The molecule has 1 aromatic heterocycles. The normalized spacial score (nSPS) is 12.1. The standard InChI is InChI=1S/C13H19NO4/c1-11(9-15)7-12-3-4-13(8-14-12)18-10-17-6-5-16-2/h3-4,8-9,11H,5-7,10H2,1-2H3. The van der Waals surface area contributed by atoms with Crippen molar-refractivity contribution < 1.29 is 19.0 Å². The van der Waals surface area contributed by atoms with Crippen LogP contribution in [0.25, 0.3) is 0 Å². The van der Waals surface area contributed by atoms with Gasteiger partial charge in [-0.1, -0.05) is 6.92 Å². The molecule has 0 spiro atoms. The first-order valence-corrected chi connectivity index (χ1v) is 5.86. The van der Waals surface area contributed by atoms with Gasteiger partial charge in [0.2, 0.25) is 0 Å². The minimum Gasteiger partial charge on any atom is -0.466 e. The zero-order valence-electron chi connectivity index (χ0n) is 10.8. The van der Waals surface area contributed by atoms with Crippen LogP contribution in [0.2, 0.25) is 0 Å². The second-order valence-electron chi connectivity index (χ2n) is 3.97. The maximum Gasteiger partial charge on any atom is 0.189 e. The van der Waals surface area contributed by atoms with Crippen molar-refractivity contribution in [2.75, 3.05) is 27.1 Å². The van der Waals surface area contributed by atoms with Crippen LogP contribution in [0.5, 0.6) is 5.75 Å². The van der Waals surface area contributed by atoms with E-state index in [1.165, 1.54) is 0 Å². The summed E-state index contributed by atoms with van der Waals surface area (Å²) in [6, 6.07) is 3.67. The van der Waals surface area contributed by atoms with Crippen molar-refractivity contribution in [3.63, 3.8) is 0 Å². The molecule has 5 nitrogen and oxygen atoms in total. The lowest BCUT2D eigenvalue weighted by atomic mass is 10.1. The third-order valence-electron chi connectivity index (χ3n) is 2.30. The number of methoxy groups -OCH3 is 1. The third kappa shape index (κ3) is 5.75. The van der Waals surface area contributed by atoms with Gasteiger partial charge in [0.1, 0.15) is 12.0 Å². The Balaban J connectivity index is 2.29. The Kier molecular flexibility index (Phi) is 6.98. The van der Waals surface area contributed by atoms with Crippen LogP contribution in [0.15, 0.2) is 18.3 Å². The molecule has 0 amide bonds. The van der Waals surface area contributed by atoms with Crippen LogP contribution >= 0.6 is 0 Å². The molecule has 1 unspecified atom stereocenters. The van der Waals surface area contributed by atoms with E-state index in [-0.39, 0.29) is 12.7 Å². The van der Waals surface area contributed by atoms with E-state index >= 15 is 0 Å². The SMILES string of the molecule is COCCOCOc1ccc(CC(C)C=O)nc1. The number of carbonyl (C=O) groups is 1. The van der Waals surface area contributed by atoms with E-state index in [0.717, 1.165) is 12.0 Å². The van der Waals surface area contributed by atoms with Crippen LogP contribution in [-0.4, -0.2) is 38.4 Å². The number of pyridine rings is 1. The van der Waals surface area contributed by atoms with Gasteiger partial charge in [-0.15, -0.1) is 0 Å². The number of aldehydes is 1. The second-order valence-corrected chi connectivity index (χ2v) is 3.97. The molecule has 0 aliphatic heterocycles. The summed E-state index contributed by atoms with van der Waals surface area (Å²) in [6.45, 7) is 3.08. The molecule has 0 aromatic carbocycles. The average Bonchev–Trinajstić information content (AvgIpc) is 2.40. The Labute approximate surface area is 107 Å². The van der Waals surface area contributed by atoms with Crippen LogP contribution in [0.4, 0.5) is 0 Å². The Morgan fingerprint density at radius 1 is 1.39 bits per heavy atom. The third-order valence-corrected chi connectivity index (χ3v) is 2.30. The van der Waals surface area contributed by atoms with Gasteiger partial charge >= 0.3 is 0 Å². The molecule has 0 aliphatic carbocycles. The van der Waals surface area contributed by atoms with Gasteiger partial charge in [-0.05, 0) is 18.6 Å². The summed E-state index contributed by atoms with van der Waals surface area (Å²) in [5.41, 5.74) is 0.877. The summed E-state index contributed by atoms with van der Waals surface area (Å²) in [5.74, 6) is 0.636. The van der Waals surface area contributed by atoms with Crippen molar-refractivity contribution in [2.45, 2.75) is 13.3 Å². The summed E-state index contributed by atoms with van der Waals surface area (Å²) >= 11 is 0. The fourth-order valence-electron chi connectivity index (χ4n) is 1.31. The van der Waals surface area contributed by atoms with Crippen molar-refractivity contribution in [3.8, 4) is 5.75 Å². The molecule has 0 N–H and O–H groups in total. The maximum absolute atomic E-state index is 10.5. The van der Waals surface area contributed by atoms with Crippen molar-refractivity contribution in [3.05, 3.63) is 24.0 Å². The predicted molar refractivity (Wildman–Crippen MR) is 66.5 cm³/mol. The van der Waals surface area contributed by atoms with Gasteiger partial charge in [-0.25, -0.2) is 0 Å². The quantitative estimate of drug-likeness (QED) is 0.379. The number of aromatic nitrogens is 1. The highest BCUT2D eigenvalue weighted by Gasteiger charge is 2.03. The lowest BCUT2D eigenvalue weighted by molar-refractivity contribution is -0.110. The van der Waals surface area contributed by atoms with Crippen LogP contribution in [0.1, 0.15) is 12.6 Å². The highest BCUT2D eigenvalue weighted by Crippen LogP contribution is 2.11. The Hall–Kier alpha value is -1.46. The van der Waals surface area contributed by atoms with Crippen molar-refractivity contribution in [2.24, 2.45) is 5.92 Å². The van der Waals surface area contributed by atoms with Gasteiger partial charge in [0, 0.05) is 18.7 Å². The fraction of sp³-hybridized carbons (Fsp3) is 0.538. The summed E-state index contributed by atoms with van der Waals surface area (Å²) in [5, 5.41) is 0. The first-order valence-electron chi connectivity index (χ1n) is 5.86. The van der Waals surface area contributed by atoms with Crippen LogP contribution in [0.3, 0.4) is 0 Å². The molecule has 1 aromatic rings. The smallest absolute Gasteiger partial charge is 0.189 e. The largest absolute Gasteiger partial charge is 0.466 e. The number of carbonyl (C=O) groups excluding carboxylic acids is 1. The van der Waals surface area contributed by atoms with Gasteiger partial charge < -0.3 is 19.0 Å². The highest BCUT2D eigenvalue weighted by molar-refractivity contribution is 5.53. The molecule has 0 saturated carbocycles. The molecule has 0 fully saturated rings. The van der Waals surface area contributed by atoms with E-state index in [1.54, 1.807) is 13.3 Å². The molecule has 1 atom stereocenters. The zero-order chi connectivity index (χ0) is 13.2. The fourth-order valence-corrected chi connectivity index (χ4v) is 1.31. The van der Waals surface area contributed by atoms with E-state index in [9.17, 15) is 4.79 Å². The number of rotatable bonds is 9. The zero-order valence-corrected chi connectivity index (χ0v) is 10.8. The molecule has 0 bridgehead atoms. The molecular formula is C13H19NO4. The lowest BCUT2D eigenvalue weighted by Gasteiger charge is -2.07. The van der Waals surface area contributed by atoms with Gasteiger partial charge in [0.25, 0.3) is 0 Å². The monoisotopic (exact) mass is 253 g/mol. The minimum atomic E-state index is -0.0124. The highest BCUT2D eigenvalue weighted by atomic mass is 16.7. The summed E-state index contributed by atoms with van der Waals surface area (Å²) < 4.78 is 15.3. The summed E-state index contributed by atoms with van der Waals surface area (Å²) in [7, 11) is 1.62. The van der Waals surface area contributed by atoms with Gasteiger partial charge in [-0.3, -0.25) is 4.98 Å². The van der Waals surface area contributed by atoms with Crippen LogP contribution < -0.4 is 4.74 Å². The topological polar surface area (TPSA) is 57.7 Å². The van der Waals surface area contributed by atoms with E-state index in [2.05, 4.69) is 4.98 Å². The van der Waals surface area contributed by atoms with Crippen molar-refractivity contribution >= 4 is 6.29 Å². The molecule has 5 heteroatoms. The first-order chi connectivity index (χ1) is 8.76. The van der Waals surface area contributed by atoms with E-state index in [0.29, 0.717) is 25.4 Å². The number of nitrogens with zero attached hydrogens (tertiary/aromatic N) is 1. The van der Waals surface area contributed by atoms with E-state index < -0.39 is 0 Å². The lowest BCUT2D eigenvalue weighted by Crippen LogP contribution is -2.08. The predicted octanol–water partition coefficient (Wildman–Crippen LogP) is 1.46. The Bertz CT molecular complexity index is 339. The number of ether oxygens (including phenoxy) is 3. The molecule has 0 aliphatic rings. The minimum absolute atomic E-state index is 0.0124. The van der Waals surface area contributed by atoms with E-state index in [1.807, 2.05) is 19.1 Å². The molecule has 100 valence electrons. The second kappa shape index (κ2) is 8.60. The maximum atomic E-state index is 10.5. The Morgan fingerprint density at radius 2 is 2.22 bits per heavy atom. The molecule has 0 radical (unpaired) electrons. The summed E-state index contributed by atoms with van der Waals surface area (Å²) in [4.78, 5) is 14.7. The first kappa shape index (κ1) is 14.6. The molecular weight excluding hydrogens is 234 g/mol. The number of hydrogen-bond donors (Lipinski definition) is 0.